The smallest absolute Gasteiger partial charge is 0.341 e. The molecule has 2 heterocycles. The lowest BCUT2D eigenvalue weighted by atomic mass is 10.1. The normalized spacial score (nSPS) is 15.0. The predicted molar refractivity (Wildman–Crippen MR) is 77.7 cm³/mol. The molecule has 5 nitrogen and oxygen atoms in total. The van der Waals surface area contributed by atoms with Crippen LogP contribution in [0.2, 0.25) is 0 Å². The molecule has 0 radical (unpaired) electrons. The van der Waals surface area contributed by atoms with E-state index in [0.717, 1.165) is 11.3 Å². The van der Waals surface area contributed by atoms with Crippen LogP contribution in [0.15, 0.2) is 34.7 Å². The first-order valence-electron chi connectivity index (χ1n) is 6.41. The van der Waals surface area contributed by atoms with E-state index < -0.39 is 5.97 Å². The van der Waals surface area contributed by atoms with Gasteiger partial charge in [-0.1, -0.05) is 18.2 Å². The van der Waals surface area contributed by atoms with Gasteiger partial charge in [-0.15, -0.1) is 0 Å². The second kappa shape index (κ2) is 4.94. The summed E-state index contributed by atoms with van der Waals surface area (Å²) in [6.07, 6.45) is 1.63. The SMILES string of the molecule is COC(=O)c1cc(C=C2C(=O)Nc3ccccc32)oc1C. The zero-order valence-corrected chi connectivity index (χ0v) is 11.6. The van der Waals surface area contributed by atoms with Gasteiger partial charge in [0.25, 0.3) is 5.91 Å². The number of carbonyl (C=O) groups is 2. The second-order valence-corrected chi connectivity index (χ2v) is 4.67. The Morgan fingerprint density at radius 2 is 2.10 bits per heavy atom. The van der Waals surface area contributed by atoms with Crippen LogP contribution in [0, 0.1) is 6.92 Å². The molecule has 1 aromatic carbocycles. The summed E-state index contributed by atoms with van der Waals surface area (Å²) in [4.78, 5) is 23.6. The highest BCUT2D eigenvalue weighted by Gasteiger charge is 2.24. The number of amides is 1. The Bertz CT molecular complexity index is 770. The maximum atomic E-state index is 12.0. The summed E-state index contributed by atoms with van der Waals surface area (Å²) in [6, 6.07) is 8.98. The van der Waals surface area contributed by atoms with E-state index in [1.807, 2.05) is 24.3 Å². The predicted octanol–water partition coefficient (Wildman–Crippen LogP) is 2.87. The van der Waals surface area contributed by atoms with Gasteiger partial charge in [0.1, 0.15) is 17.1 Å². The van der Waals surface area contributed by atoms with Crippen LogP contribution in [-0.4, -0.2) is 19.0 Å². The molecule has 2 aromatic rings. The summed E-state index contributed by atoms with van der Waals surface area (Å²) >= 11 is 0. The van der Waals surface area contributed by atoms with E-state index >= 15 is 0 Å². The first-order chi connectivity index (χ1) is 10.1. The Labute approximate surface area is 121 Å². The minimum absolute atomic E-state index is 0.190. The van der Waals surface area contributed by atoms with Crippen LogP contribution >= 0.6 is 0 Å². The zero-order valence-electron chi connectivity index (χ0n) is 11.6. The number of rotatable bonds is 2. The Kier molecular flexibility index (Phi) is 3.10. The highest BCUT2D eigenvalue weighted by Crippen LogP contribution is 2.33. The number of nitrogens with one attached hydrogen (secondary N) is 1. The third-order valence-electron chi connectivity index (χ3n) is 3.34. The molecule has 21 heavy (non-hydrogen) atoms. The second-order valence-electron chi connectivity index (χ2n) is 4.67. The van der Waals surface area contributed by atoms with E-state index in [2.05, 4.69) is 10.1 Å². The van der Waals surface area contributed by atoms with Gasteiger partial charge in [-0.05, 0) is 25.1 Å². The van der Waals surface area contributed by atoms with Gasteiger partial charge in [0.15, 0.2) is 0 Å². The van der Waals surface area contributed by atoms with Crippen LogP contribution in [0.5, 0.6) is 0 Å². The third-order valence-corrected chi connectivity index (χ3v) is 3.34. The minimum atomic E-state index is -0.461. The lowest BCUT2D eigenvalue weighted by Gasteiger charge is -1.95. The number of anilines is 1. The molecule has 0 bridgehead atoms. The van der Waals surface area contributed by atoms with Crippen LogP contribution in [0.4, 0.5) is 5.69 Å². The molecule has 0 saturated carbocycles. The van der Waals surface area contributed by atoms with Gasteiger partial charge in [0.05, 0.1) is 12.7 Å². The van der Waals surface area contributed by atoms with E-state index in [1.165, 1.54) is 7.11 Å². The van der Waals surface area contributed by atoms with Gasteiger partial charge in [-0.3, -0.25) is 4.79 Å². The van der Waals surface area contributed by atoms with E-state index in [1.54, 1.807) is 19.1 Å². The summed E-state index contributed by atoms with van der Waals surface area (Å²) in [5.74, 6) is 0.247. The molecule has 1 aromatic heterocycles. The number of para-hydroxylation sites is 1. The average molecular weight is 283 g/mol. The number of hydrogen-bond acceptors (Lipinski definition) is 4. The van der Waals surface area contributed by atoms with Gasteiger partial charge in [-0.25, -0.2) is 4.79 Å². The van der Waals surface area contributed by atoms with Crippen LogP contribution in [-0.2, 0) is 9.53 Å². The van der Waals surface area contributed by atoms with Crippen molar-refractivity contribution in [1.82, 2.24) is 0 Å². The Hall–Kier alpha value is -2.82. The van der Waals surface area contributed by atoms with Crippen molar-refractivity contribution in [1.29, 1.82) is 0 Å². The monoisotopic (exact) mass is 283 g/mol. The quantitative estimate of drug-likeness (QED) is 0.679. The van der Waals surface area contributed by atoms with Crippen molar-refractivity contribution in [3.05, 3.63) is 53.0 Å². The molecule has 1 aliphatic heterocycles. The van der Waals surface area contributed by atoms with Crippen LogP contribution < -0.4 is 5.32 Å². The number of esters is 1. The van der Waals surface area contributed by atoms with Gasteiger partial charge in [0, 0.05) is 11.3 Å². The van der Waals surface area contributed by atoms with Crippen molar-refractivity contribution in [2.24, 2.45) is 0 Å². The first-order valence-corrected chi connectivity index (χ1v) is 6.41. The van der Waals surface area contributed by atoms with Crippen molar-refractivity contribution < 1.29 is 18.7 Å². The van der Waals surface area contributed by atoms with Crippen LogP contribution in [0.1, 0.15) is 27.4 Å². The zero-order chi connectivity index (χ0) is 15.0. The fourth-order valence-corrected chi connectivity index (χ4v) is 2.31. The molecule has 0 atom stereocenters. The molecule has 0 spiro atoms. The highest BCUT2D eigenvalue weighted by molar-refractivity contribution is 6.34. The van der Waals surface area contributed by atoms with Crippen molar-refractivity contribution in [2.45, 2.75) is 6.92 Å². The molecule has 1 N–H and O–H groups in total. The maximum absolute atomic E-state index is 12.0. The van der Waals surface area contributed by atoms with E-state index in [-0.39, 0.29) is 5.91 Å². The number of carbonyl (C=O) groups excluding carboxylic acids is 2. The molecule has 1 amide bonds. The largest absolute Gasteiger partial charge is 0.465 e. The molecule has 0 unspecified atom stereocenters. The van der Waals surface area contributed by atoms with Gasteiger partial charge >= 0.3 is 5.97 Å². The number of fused-ring (bicyclic) bond motifs is 1. The van der Waals surface area contributed by atoms with Gasteiger partial charge < -0.3 is 14.5 Å². The average Bonchev–Trinajstić information content (AvgIpc) is 2.99. The van der Waals surface area contributed by atoms with E-state index in [4.69, 9.17) is 4.42 Å². The molecule has 0 saturated heterocycles. The van der Waals surface area contributed by atoms with Crippen molar-refractivity contribution in [3.8, 4) is 0 Å². The summed E-state index contributed by atoms with van der Waals surface area (Å²) in [7, 11) is 1.31. The summed E-state index contributed by atoms with van der Waals surface area (Å²) in [5.41, 5.74) is 2.45. The molecule has 106 valence electrons. The Morgan fingerprint density at radius 1 is 1.33 bits per heavy atom. The van der Waals surface area contributed by atoms with Crippen molar-refractivity contribution >= 4 is 29.2 Å². The highest BCUT2D eigenvalue weighted by atomic mass is 16.5. The molecule has 5 heteroatoms. The summed E-state index contributed by atoms with van der Waals surface area (Å²) in [6.45, 7) is 1.68. The molecule has 0 fully saturated rings. The van der Waals surface area contributed by atoms with Crippen molar-refractivity contribution in [2.75, 3.05) is 12.4 Å². The minimum Gasteiger partial charge on any atom is -0.465 e. The lowest BCUT2D eigenvalue weighted by molar-refractivity contribution is -0.110. The molecule has 0 aliphatic carbocycles. The number of aryl methyl sites for hydroxylation is 1. The number of benzene rings is 1. The fourth-order valence-electron chi connectivity index (χ4n) is 2.31. The number of hydrogen-bond donors (Lipinski definition) is 1. The topological polar surface area (TPSA) is 68.5 Å². The van der Waals surface area contributed by atoms with Gasteiger partial charge in [0.2, 0.25) is 0 Å². The van der Waals surface area contributed by atoms with Crippen LogP contribution in [0.3, 0.4) is 0 Å². The van der Waals surface area contributed by atoms with E-state index in [9.17, 15) is 9.59 Å². The first kappa shape index (κ1) is 13.2. The van der Waals surface area contributed by atoms with Gasteiger partial charge in [-0.2, -0.15) is 0 Å². The lowest BCUT2D eigenvalue weighted by Crippen LogP contribution is -2.03. The van der Waals surface area contributed by atoms with Crippen LogP contribution in [0.25, 0.3) is 11.6 Å². The molecular formula is C16H13NO4. The summed E-state index contributed by atoms with van der Waals surface area (Å²) < 4.78 is 10.2. The Morgan fingerprint density at radius 3 is 2.86 bits per heavy atom. The fraction of sp³-hybridized carbons (Fsp3) is 0.125. The van der Waals surface area contributed by atoms with E-state index in [0.29, 0.717) is 22.7 Å². The maximum Gasteiger partial charge on any atom is 0.341 e. The number of furan rings is 1. The molecule has 3 rings (SSSR count). The number of methoxy groups -OCH3 is 1. The van der Waals surface area contributed by atoms with Crippen molar-refractivity contribution in [3.63, 3.8) is 0 Å². The standard InChI is InChI=1S/C16H13NO4/c1-9-12(16(19)20-2)7-10(21-9)8-13-11-5-3-4-6-14(11)17-15(13)18/h3-8H,1-2H3,(H,17,18). The summed E-state index contributed by atoms with van der Waals surface area (Å²) in [5, 5.41) is 2.78. The molecule has 1 aliphatic rings. The number of ether oxygens (including phenoxy) is 1. The third kappa shape index (κ3) is 2.23. The molecular weight excluding hydrogens is 270 g/mol. The Balaban J connectivity index is 2.03.